The monoisotopic (exact) mass is 428 g/mol. The summed E-state index contributed by atoms with van der Waals surface area (Å²) in [5, 5.41) is 0. The lowest BCUT2D eigenvalue weighted by atomic mass is 10.1. The van der Waals surface area contributed by atoms with Gasteiger partial charge < -0.3 is 23.8 Å². The number of benzene rings is 2. The van der Waals surface area contributed by atoms with Crippen molar-refractivity contribution in [2.45, 2.75) is 19.4 Å². The fourth-order valence-corrected chi connectivity index (χ4v) is 3.83. The average molecular weight is 429 g/mol. The Morgan fingerprint density at radius 3 is 1.94 bits per heavy atom. The number of ether oxygens (including phenoxy) is 4. The summed E-state index contributed by atoms with van der Waals surface area (Å²) in [5.74, 6) is 2.82. The van der Waals surface area contributed by atoms with Gasteiger partial charge in [-0.05, 0) is 41.8 Å². The summed E-state index contributed by atoms with van der Waals surface area (Å²) in [6.07, 6.45) is 1.08. The molecule has 0 saturated carbocycles. The zero-order chi connectivity index (χ0) is 22.2. The van der Waals surface area contributed by atoms with Crippen LogP contribution in [0.2, 0.25) is 0 Å². The zero-order valence-electron chi connectivity index (χ0n) is 18.8. The number of carbonyl (C=O) groups excluding carboxylic acids is 1. The lowest BCUT2D eigenvalue weighted by Gasteiger charge is -2.35. The summed E-state index contributed by atoms with van der Waals surface area (Å²) >= 11 is 0. The van der Waals surface area contributed by atoms with Gasteiger partial charge in [-0.3, -0.25) is 9.69 Å². The van der Waals surface area contributed by atoms with Crippen molar-refractivity contribution in [3.63, 3.8) is 0 Å². The van der Waals surface area contributed by atoms with E-state index in [1.807, 2.05) is 29.2 Å². The normalized spacial score (nSPS) is 14.3. The highest BCUT2D eigenvalue weighted by atomic mass is 16.5. The highest BCUT2D eigenvalue weighted by molar-refractivity contribution is 5.76. The van der Waals surface area contributed by atoms with Gasteiger partial charge in [0.25, 0.3) is 0 Å². The Kier molecular flexibility index (Phi) is 8.00. The molecule has 0 spiro atoms. The molecular formula is C24H32N2O5. The maximum atomic E-state index is 12.7. The lowest BCUT2D eigenvalue weighted by Crippen LogP contribution is -2.48. The Labute approximate surface area is 184 Å². The minimum atomic E-state index is 0.179. The van der Waals surface area contributed by atoms with Crippen molar-refractivity contribution < 1.29 is 23.7 Å². The van der Waals surface area contributed by atoms with Crippen molar-refractivity contribution in [3.05, 3.63) is 47.5 Å². The molecule has 1 aliphatic heterocycles. The predicted octanol–water partition coefficient (Wildman–Crippen LogP) is 3.00. The minimum Gasteiger partial charge on any atom is -0.497 e. The van der Waals surface area contributed by atoms with Crippen LogP contribution in [0.4, 0.5) is 0 Å². The van der Waals surface area contributed by atoms with Gasteiger partial charge >= 0.3 is 0 Å². The second kappa shape index (κ2) is 10.9. The fraction of sp³-hybridized carbons (Fsp3) is 0.458. The smallest absolute Gasteiger partial charge is 0.222 e. The van der Waals surface area contributed by atoms with Gasteiger partial charge in [-0.2, -0.15) is 0 Å². The van der Waals surface area contributed by atoms with E-state index in [0.29, 0.717) is 30.1 Å². The number of methoxy groups -OCH3 is 4. The zero-order valence-corrected chi connectivity index (χ0v) is 18.8. The van der Waals surface area contributed by atoms with Crippen molar-refractivity contribution in [2.75, 3.05) is 54.6 Å². The number of carbonyl (C=O) groups is 1. The van der Waals surface area contributed by atoms with Crippen molar-refractivity contribution in [1.82, 2.24) is 9.80 Å². The maximum Gasteiger partial charge on any atom is 0.222 e. The van der Waals surface area contributed by atoms with Gasteiger partial charge in [0.1, 0.15) is 5.75 Å². The van der Waals surface area contributed by atoms with E-state index < -0.39 is 0 Å². The SMILES string of the molecule is COc1ccc(CN2CCN(C(=O)CCc3cc(OC)c(OC)c(OC)c3)CC2)cc1. The van der Waals surface area contributed by atoms with Crippen LogP contribution in [0.5, 0.6) is 23.0 Å². The van der Waals surface area contributed by atoms with E-state index in [1.165, 1.54) is 5.56 Å². The average Bonchev–Trinajstić information content (AvgIpc) is 2.82. The highest BCUT2D eigenvalue weighted by Crippen LogP contribution is 2.38. The van der Waals surface area contributed by atoms with Gasteiger partial charge in [-0.15, -0.1) is 0 Å². The first-order valence-electron chi connectivity index (χ1n) is 10.5. The number of aryl methyl sites for hydroxylation is 1. The molecule has 1 fully saturated rings. The molecule has 1 aliphatic rings. The van der Waals surface area contributed by atoms with E-state index in [2.05, 4.69) is 17.0 Å². The molecule has 7 nitrogen and oxygen atoms in total. The first-order valence-corrected chi connectivity index (χ1v) is 10.5. The van der Waals surface area contributed by atoms with E-state index in [9.17, 15) is 4.79 Å². The molecule has 0 aromatic heterocycles. The number of nitrogens with zero attached hydrogens (tertiary/aromatic N) is 2. The van der Waals surface area contributed by atoms with E-state index in [1.54, 1.807) is 28.4 Å². The van der Waals surface area contributed by atoms with Crippen LogP contribution in [0.25, 0.3) is 0 Å². The molecule has 7 heteroatoms. The molecule has 31 heavy (non-hydrogen) atoms. The summed E-state index contributed by atoms with van der Waals surface area (Å²) in [4.78, 5) is 17.1. The standard InChI is InChI=1S/C24H32N2O5/c1-28-20-8-5-18(6-9-20)17-25-11-13-26(14-12-25)23(27)10-7-19-15-21(29-2)24(31-4)22(16-19)30-3/h5-6,8-9,15-16H,7,10-14,17H2,1-4H3. The third kappa shape index (κ3) is 5.82. The van der Waals surface area contributed by atoms with Crippen LogP contribution < -0.4 is 18.9 Å². The van der Waals surface area contributed by atoms with Gasteiger partial charge in [0.15, 0.2) is 11.5 Å². The summed E-state index contributed by atoms with van der Waals surface area (Å²) in [5.41, 5.74) is 2.24. The van der Waals surface area contributed by atoms with Crippen LogP contribution in [0.3, 0.4) is 0 Å². The van der Waals surface area contributed by atoms with Crippen molar-refractivity contribution >= 4 is 5.91 Å². The predicted molar refractivity (Wildman–Crippen MR) is 119 cm³/mol. The summed E-state index contributed by atoms with van der Waals surface area (Å²) < 4.78 is 21.4. The molecule has 1 amide bonds. The van der Waals surface area contributed by atoms with Gasteiger partial charge in [0, 0.05) is 39.1 Å². The van der Waals surface area contributed by atoms with Crippen LogP contribution in [-0.2, 0) is 17.8 Å². The number of amides is 1. The first-order chi connectivity index (χ1) is 15.1. The molecule has 0 atom stereocenters. The van der Waals surface area contributed by atoms with Crippen molar-refractivity contribution in [1.29, 1.82) is 0 Å². The van der Waals surface area contributed by atoms with Crippen LogP contribution in [-0.4, -0.2) is 70.3 Å². The highest BCUT2D eigenvalue weighted by Gasteiger charge is 2.21. The number of piperazine rings is 1. The Morgan fingerprint density at radius 2 is 1.42 bits per heavy atom. The molecular weight excluding hydrogens is 396 g/mol. The molecule has 1 heterocycles. The summed E-state index contributed by atoms with van der Waals surface area (Å²) in [6.45, 7) is 4.15. The number of rotatable bonds is 9. The second-order valence-electron chi connectivity index (χ2n) is 7.54. The third-order valence-electron chi connectivity index (χ3n) is 5.64. The molecule has 0 aliphatic carbocycles. The van der Waals surface area contributed by atoms with Gasteiger partial charge in [0.2, 0.25) is 11.7 Å². The molecule has 0 radical (unpaired) electrons. The largest absolute Gasteiger partial charge is 0.497 e. The third-order valence-corrected chi connectivity index (χ3v) is 5.64. The van der Waals surface area contributed by atoms with E-state index in [0.717, 1.165) is 44.0 Å². The van der Waals surface area contributed by atoms with E-state index >= 15 is 0 Å². The second-order valence-corrected chi connectivity index (χ2v) is 7.54. The van der Waals surface area contributed by atoms with Crippen molar-refractivity contribution in [2.24, 2.45) is 0 Å². The number of hydrogen-bond donors (Lipinski definition) is 0. The Bertz CT molecular complexity index is 836. The van der Waals surface area contributed by atoms with Crippen LogP contribution in [0, 0.1) is 0 Å². The van der Waals surface area contributed by atoms with Crippen LogP contribution in [0.1, 0.15) is 17.5 Å². The Morgan fingerprint density at radius 1 is 0.806 bits per heavy atom. The topological polar surface area (TPSA) is 60.5 Å². The molecule has 168 valence electrons. The van der Waals surface area contributed by atoms with Gasteiger partial charge in [-0.1, -0.05) is 12.1 Å². The van der Waals surface area contributed by atoms with Crippen LogP contribution >= 0.6 is 0 Å². The molecule has 0 bridgehead atoms. The Balaban J connectivity index is 1.50. The van der Waals surface area contributed by atoms with Crippen molar-refractivity contribution in [3.8, 4) is 23.0 Å². The molecule has 3 rings (SSSR count). The maximum absolute atomic E-state index is 12.7. The minimum absolute atomic E-state index is 0.179. The lowest BCUT2D eigenvalue weighted by molar-refractivity contribution is -0.133. The molecule has 1 saturated heterocycles. The van der Waals surface area contributed by atoms with Gasteiger partial charge in [-0.25, -0.2) is 0 Å². The van der Waals surface area contributed by atoms with Crippen LogP contribution in [0.15, 0.2) is 36.4 Å². The molecule has 2 aromatic carbocycles. The van der Waals surface area contributed by atoms with E-state index in [4.69, 9.17) is 18.9 Å². The molecule has 0 unspecified atom stereocenters. The molecule has 2 aromatic rings. The summed E-state index contributed by atoms with van der Waals surface area (Å²) in [7, 11) is 6.44. The quantitative estimate of drug-likeness (QED) is 0.612. The number of hydrogen-bond acceptors (Lipinski definition) is 6. The fourth-order valence-electron chi connectivity index (χ4n) is 3.83. The first kappa shape index (κ1) is 22.7. The molecule has 0 N–H and O–H groups in total. The summed E-state index contributed by atoms with van der Waals surface area (Å²) in [6, 6.07) is 12.0. The van der Waals surface area contributed by atoms with Gasteiger partial charge in [0.05, 0.1) is 28.4 Å². The van der Waals surface area contributed by atoms with E-state index in [-0.39, 0.29) is 5.91 Å². The Hall–Kier alpha value is -2.93.